The summed E-state index contributed by atoms with van der Waals surface area (Å²) in [5.41, 5.74) is 0. The van der Waals surface area contributed by atoms with Crippen molar-refractivity contribution in [3.63, 3.8) is 0 Å². The topological polar surface area (TPSA) is 50.7 Å². The van der Waals surface area contributed by atoms with E-state index in [0.717, 1.165) is 0 Å². The van der Waals surface area contributed by atoms with Gasteiger partial charge in [-0.1, -0.05) is 11.6 Å². The van der Waals surface area contributed by atoms with E-state index in [1.807, 2.05) is 0 Å². The fourth-order valence-electron chi connectivity index (χ4n) is 1.26. The Bertz CT molecular complexity index is 365. The highest BCUT2D eigenvalue weighted by molar-refractivity contribution is 6.30. The fraction of sp³-hybridized carbons (Fsp3) is 0.500. The number of aliphatic hydroxyl groups excluding tert-OH is 1. The van der Waals surface area contributed by atoms with Gasteiger partial charge in [0.2, 0.25) is 0 Å². The second kappa shape index (κ2) is 8.26. The molecule has 0 fully saturated rings. The first kappa shape index (κ1) is 15.2. The van der Waals surface area contributed by atoms with Crippen LogP contribution in [0.4, 0.5) is 4.39 Å². The SMILES string of the molecule is COCCNCC(O)COc1ccc(Cl)c(F)c1. The van der Waals surface area contributed by atoms with Crippen molar-refractivity contribution in [1.29, 1.82) is 0 Å². The van der Waals surface area contributed by atoms with Crippen molar-refractivity contribution in [2.75, 3.05) is 33.4 Å². The Hall–Kier alpha value is -0.880. The Kier molecular flexibility index (Phi) is 6.97. The van der Waals surface area contributed by atoms with Gasteiger partial charge < -0.3 is 19.9 Å². The van der Waals surface area contributed by atoms with Gasteiger partial charge in [-0.25, -0.2) is 4.39 Å². The lowest BCUT2D eigenvalue weighted by Crippen LogP contribution is -2.33. The Morgan fingerprint density at radius 3 is 2.94 bits per heavy atom. The van der Waals surface area contributed by atoms with Gasteiger partial charge in [-0.3, -0.25) is 0 Å². The van der Waals surface area contributed by atoms with E-state index in [1.165, 1.54) is 12.1 Å². The third kappa shape index (κ3) is 5.64. The number of methoxy groups -OCH3 is 1. The Balaban J connectivity index is 2.24. The Labute approximate surface area is 111 Å². The molecule has 0 bridgehead atoms. The lowest BCUT2D eigenvalue weighted by Gasteiger charge is -2.13. The molecule has 0 heterocycles. The summed E-state index contributed by atoms with van der Waals surface area (Å²) >= 11 is 5.54. The Morgan fingerprint density at radius 1 is 1.50 bits per heavy atom. The molecule has 0 spiro atoms. The highest BCUT2D eigenvalue weighted by atomic mass is 35.5. The number of ether oxygens (including phenoxy) is 2. The van der Waals surface area contributed by atoms with Crippen molar-refractivity contribution in [3.05, 3.63) is 29.0 Å². The number of hydrogen-bond acceptors (Lipinski definition) is 4. The summed E-state index contributed by atoms with van der Waals surface area (Å²) in [5.74, 6) is -0.199. The first-order valence-corrected chi connectivity index (χ1v) is 5.97. The van der Waals surface area contributed by atoms with Crippen LogP contribution in [0.25, 0.3) is 0 Å². The predicted molar refractivity (Wildman–Crippen MR) is 67.7 cm³/mol. The zero-order valence-electron chi connectivity index (χ0n) is 10.2. The molecule has 2 N–H and O–H groups in total. The van der Waals surface area contributed by atoms with Gasteiger partial charge in [-0.05, 0) is 12.1 Å². The smallest absolute Gasteiger partial charge is 0.145 e. The van der Waals surface area contributed by atoms with E-state index in [9.17, 15) is 9.50 Å². The van der Waals surface area contributed by atoms with E-state index in [4.69, 9.17) is 21.1 Å². The van der Waals surface area contributed by atoms with Crippen LogP contribution in [0.2, 0.25) is 5.02 Å². The van der Waals surface area contributed by atoms with Crippen molar-refractivity contribution in [2.45, 2.75) is 6.10 Å². The molecular weight excluding hydrogens is 261 g/mol. The molecule has 1 aromatic carbocycles. The maximum Gasteiger partial charge on any atom is 0.145 e. The van der Waals surface area contributed by atoms with Crippen molar-refractivity contribution in [2.24, 2.45) is 0 Å². The number of hydrogen-bond donors (Lipinski definition) is 2. The molecule has 4 nitrogen and oxygen atoms in total. The average Bonchev–Trinajstić information content (AvgIpc) is 2.36. The number of aliphatic hydroxyl groups is 1. The van der Waals surface area contributed by atoms with Gasteiger partial charge in [-0.2, -0.15) is 0 Å². The molecule has 102 valence electrons. The summed E-state index contributed by atoms with van der Waals surface area (Å²) in [6.07, 6.45) is -0.666. The largest absolute Gasteiger partial charge is 0.491 e. The number of benzene rings is 1. The van der Waals surface area contributed by atoms with Crippen molar-refractivity contribution in [1.82, 2.24) is 5.32 Å². The summed E-state index contributed by atoms with van der Waals surface area (Å²) in [5, 5.41) is 12.6. The van der Waals surface area contributed by atoms with Gasteiger partial charge in [0, 0.05) is 26.3 Å². The van der Waals surface area contributed by atoms with Crippen molar-refractivity contribution in [3.8, 4) is 5.75 Å². The van der Waals surface area contributed by atoms with Crippen molar-refractivity contribution >= 4 is 11.6 Å². The lowest BCUT2D eigenvalue weighted by molar-refractivity contribution is 0.103. The van der Waals surface area contributed by atoms with Gasteiger partial charge in [0.1, 0.15) is 24.3 Å². The van der Waals surface area contributed by atoms with Crippen LogP contribution in [0.3, 0.4) is 0 Å². The molecule has 0 saturated heterocycles. The molecule has 0 aliphatic carbocycles. The van der Waals surface area contributed by atoms with Gasteiger partial charge in [0.25, 0.3) is 0 Å². The normalized spacial score (nSPS) is 12.4. The third-order valence-electron chi connectivity index (χ3n) is 2.20. The lowest BCUT2D eigenvalue weighted by atomic mass is 10.3. The molecule has 18 heavy (non-hydrogen) atoms. The molecule has 1 aromatic rings. The summed E-state index contributed by atoms with van der Waals surface area (Å²) in [6, 6.07) is 4.15. The summed E-state index contributed by atoms with van der Waals surface area (Å²) in [7, 11) is 1.61. The fourth-order valence-corrected chi connectivity index (χ4v) is 1.38. The summed E-state index contributed by atoms with van der Waals surface area (Å²) in [6.45, 7) is 1.71. The standard InChI is InChI=1S/C12H17ClFNO3/c1-17-5-4-15-7-9(16)8-18-10-2-3-11(13)12(14)6-10/h2-3,6,9,15-16H,4-5,7-8H2,1H3. The van der Waals surface area contributed by atoms with Crippen LogP contribution >= 0.6 is 11.6 Å². The third-order valence-corrected chi connectivity index (χ3v) is 2.50. The number of rotatable bonds is 8. The van der Waals surface area contributed by atoms with Crippen LogP contribution in [0.5, 0.6) is 5.75 Å². The molecule has 1 atom stereocenters. The molecule has 1 rings (SSSR count). The minimum atomic E-state index is -0.666. The zero-order chi connectivity index (χ0) is 13.4. The van der Waals surface area contributed by atoms with Crippen LogP contribution in [-0.4, -0.2) is 44.6 Å². The van der Waals surface area contributed by atoms with Crippen LogP contribution in [0.1, 0.15) is 0 Å². The van der Waals surface area contributed by atoms with Gasteiger partial charge in [-0.15, -0.1) is 0 Å². The van der Waals surface area contributed by atoms with Gasteiger partial charge >= 0.3 is 0 Å². The van der Waals surface area contributed by atoms with Crippen LogP contribution in [-0.2, 0) is 4.74 Å². The summed E-state index contributed by atoms with van der Waals surface area (Å²) in [4.78, 5) is 0. The second-order valence-electron chi connectivity index (χ2n) is 3.74. The molecule has 0 aliphatic heterocycles. The molecule has 0 amide bonds. The summed E-state index contributed by atoms with van der Waals surface area (Å²) < 4.78 is 23.2. The molecule has 0 saturated carbocycles. The van der Waals surface area contributed by atoms with Crippen molar-refractivity contribution < 1.29 is 19.0 Å². The number of nitrogens with one attached hydrogen (secondary N) is 1. The van der Waals surface area contributed by atoms with Crippen LogP contribution in [0, 0.1) is 5.82 Å². The van der Waals surface area contributed by atoms with Crippen LogP contribution < -0.4 is 10.1 Å². The molecule has 6 heteroatoms. The highest BCUT2D eigenvalue weighted by Crippen LogP contribution is 2.20. The van der Waals surface area contributed by atoms with E-state index in [0.29, 0.717) is 25.4 Å². The number of halogens is 2. The molecular formula is C12H17ClFNO3. The average molecular weight is 278 g/mol. The predicted octanol–water partition coefficient (Wildman–Crippen LogP) is 1.45. The minimum absolute atomic E-state index is 0.0455. The first-order valence-electron chi connectivity index (χ1n) is 5.59. The first-order chi connectivity index (χ1) is 8.63. The molecule has 1 unspecified atom stereocenters. The zero-order valence-corrected chi connectivity index (χ0v) is 10.9. The van der Waals surface area contributed by atoms with E-state index >= 15 is 0 Å². The molecule has 0 aliphatic rings. The van der Waals surface area contributed by atoms with E-state index in [2.05, 4.69) is 5.32 Å². The van der Waals surface area contributed by atoms with Gasteiger partial charge in [0.05, 0.1) is 11.6 Å². The maximum atomic E-state index is 13.1. The second-order valence-corrected chi connectivity index (χ2v) is 4.14. The maximum absolute atomic E-state index is 13.1. The minimum Gasteiger partial charge on any atom is -0.491 e. The molecule has 0 aromatic heterocycles. The monoisotopic (exact) mass is 277 g/mol. The highest BCUT2D eigenvalue weighted by Gasteiger charge is 2.06. The van der Waals surface area contributed by atoms with E-state index in [-0.39, 0.29) is 11.6 Å². The van der Waals surface area contributed by atoms with E-state index in [1.54, 1.807) is 13.2 Å². The Morgan fingerprint density at radius 2 is 2.28 bits per heavy atom. The van der Waals surface area contributed by atoms with Gasteiger partial charge in [0.15, 0.2) is 0 Å². The van der Waals surface area contributed by atoms with Crippen LogP contribution in [0.15, 0.2) is 18.2 Å². The quantitative estimate of drug-likeness (QED) is 0.707. The molecule has 0 radical (unpaired) electrons. The van der Waals surface area contributed by atoms with E-state index < -0.39 is 11.9 Å².